The molecule has 17 heavy (non-hydrogen) atoms. The Balaban J connectivity index is 2.03. The van der Waals surface area contributed by atoms with Gasteiger partial charge in [0.15, 0.2) is 0 Å². The summed E-state index contributed by atoms with van der Waals surface area (Å²) in [5.41, 5.74) is -0.845. The number of aliphatic hydroxyl groups is 1. The molecular weight excluding hydrogens is 222 g/mol. The van der Waals surface area contributed by atoms with Crippen LogP contribution in [0.2, 0.25) is 0 Å². The molecule has 2 aliphatic rings. The van der Waals surface area contributed by atoms with Crippen LogP contribution >= 0.6 is 0 Å². The molecular formula is C12H19NO4. The van der Waals surface area contributed by atoms with E-state index < -0.39 is 11.4 Å². The number of aliphatic carboxylic acids is 1. The van der Waals surface area contributed by atoms with Crippen LogP contribution in [0.5, 0.6) is 0 Å². The Morgan fingerprint density at radius 1 is 1.35 bits per heavy atom. The van der Waals surface area contributed by atoms with Crippen molar-refractivity contribution in [2.45, 2.75) is 32.1 Å². The zero-order valence-corrected chi connectivity index (χ0v) is 9.82. The predicted octanol–water partition coefficient (Wildman–Crippen LogP) is 0.376. The van der Waals surface area contributed by atoms with E-state index in [2.05, 4.69) is 5.32 Å². The number of carbonyl (C=O) groups excluding carboxylic acids is 1. The minimum Gasteiger partial charge on any atom is -0.481 e. The van der Waals surface area contributed by atoms with Crippen LogP contribution in [0.1, 0.15) is 32.1 Å². The highest BCUT2D eigenvalue weighted by Crippen LogP contribution is 2.57. The summed E-state index contributed by atoms with van der Waals surface area (Å²) in [5.74, 6) is -0.440. The van der Waals surface area contributed by atoms with Gasteiger partial charge in [0.1, 0.15) is 0 Å². The van der Waals surface area contributed by atoms with Crippen molar-refractivity contribution in [3.05, 3.63) is 0 Å². The summed E-state index contributed by atoms with van der Waals surface area (Å²) in [7, 11) is 0. The molecule has 5 heteroatoms. The quantitative estimate of drug-likeness (QED) is 0.649. The van der Waals surface area contributed by atoms with Crippen LogP contribution in [0.15, 0.2) is 0 Å². The topological polar surface area (TPSA) is 86.6 Å². The van der Waals surface area contributed by atoms with Crippen molar-refractivity contribution >= 4 is 11.9 Å². The molecule has 0 aromatic carbocycles. The van der Waals surface area contributed by atoms with E-state index in [0.717, 1.165) is 19.3 Å². The third kappa shape index (κ3) is 2.16. The second-order valence-electron chi connectivity index (χ2n) is 5.29. The molecule has 96 valence electrons. The summed E-state index contributed by atoms with van der Waals surface area (Å²) in [6.45, 7) is 0.0838. The molecule has 0 aromatic heterocycles. The van der Waals surface area contributed by atoms with Crippen LogP contribution in [-0.2, 0) is 9.59 Å². The molecule has 3 N–H and O–H groups in total. The van der Waals surface area contributed by atoms with E-state index in [1.54, 1.807) is 0 Å². The van der Waals surface area contributed by atoms with Crippen LogP contribution in [-0.4, -0.2) is 35.2 Å². The summed E-state index contributed by atoms with van der Waals surface area (Å²) in [6, 6.07) is 0. The Morgan fingerprint density at radius 3 is 2.59 bits per heavy atom. The maximum atomic E-state index is 11.7. The fourth-order valence-electron chi connectivity index (χ4n) is 3.54. The lowest BCUT2D eigenvalue weighted by molar-refractivity contribution is -0.155. The molecule has 2 rings (SSSR count). The van der Waals surface area contributed by atoms with Gasteiger partial charge >= 0.3 is 5.97 Å². The van der Waals surface area contributed by atoms with E-state index in [0.29, 0.717) is 12.3 Å². The Bertz CT molecular complexity index is 330. The maximum Gasteiger partial charge on any atom is 0.310 e. The number of carbonyl (C=O) groups is 2. The summed E-state index contributed by atoms with van der Waals surface area (Å²) < 4.78 is 0. The number of hydrogen-bond acceptors (Lipinski definition) is 3. The van der Waals surface area contributed by atoms with E-state index in [1.807, 2.05) is 0 Å². The number of carboxylic acids is 1. The highest BCUT2D eigenvalue weighted by atomic mass is 16.4. The zero-order valence-electron chi connectivity index (χ0n) is 9.82. The first-order chi connectivity index (χ1) is 8.08. The maximum absolute atomic E-state index is 11.7. The van der Waals surface area contributed by atoms with Gasteiger partial charge in [0.2, 0.25) is 5.91 Å². The summed E-state index contributed by atoms with van der Waals surface area (Å²) in [4.78, 5) is 23.2. The van der Waals surface area contributed by atoms with Crippen LogP contribution in [0.3, 0.4) is 0 Å². The summed E-state index contributed by atoms with van der Waals surface area (Å²) in [6.07, 6.45) is 3.70. The minimum absolute atomic E-state index is 0.0590. The summed E-state index contributed by atoms with van der Waals surface area (Å²) in [5, 5.41) is 20.6. The Hall–Kier alpha value is -1.10. The lowest BCUT2D eigenvalue weighted by atomic mass is 9.70. The highest BCUT2D eigenvalue weighted by molar-refractivity contribution is 5.85. The first kappa shape index (κ1) is 12.4. The lowest BCUT2D eigenvalue weighted by Crippen LogP contribution is -2.42. The molecule has 3 unspecified atom stereocenters. The van der Waals surface area contributed by atoms with Gasteiger partial charge in [-0.25, -0.2) is 0 Å². The number of amides is 1. The molecule has 2 bridgehead atoms. The molecule has 2 fully saturated rings. The van der Waals surface area contributed by atoms with E-state index in [9.17, 15) is 14.7 Å². The van der Waals surface area contributed by atoms with Crippen LogP contribution in [0.4, 0.5) is 0 Å². The smallest absolute Gasteiger partial charge is 0.310 e. The van der Waals surface area contributed by atoms with Gasteiger partial charge in [0.25, 0.3) is 0 Å². The molecule has 0 aliphatic heterocycles. The van der Waals surface area contributed by atoms with Crippen molar-refractivity contribution in [1.29, 1.82) is 0 Å². The first-order valence-corrected chi connectivity index (χ1v) is 6.19. The van der Waals surface area contributed by atoms with Crippen molar-refractivity contribution in [1.82, 2.24) is 5.32 Å². The van der Waals surface area contributed by atoms with Gasteiger partial charge in [-0.2, -0.15) is 0 Å². The Morgan fingerprint density at radius 2 is 2.12 bits per heavy atom. The summed E-state index contributed by atoms with van der Waals surface area (Å²) >= 11 is 0. The van der Waals surface area contributed by atoms with E-state index in [1.165, 1.54) is 0 Å². The number of nitrogens with one attached hydrogen (secondary N) is 1. The largest absolute Gasteiger partial charge is 0.481 e. The number of rotatable bonds is 5. The molecule has 1 amide bonds. The molecule has 2 aliphatic carbocycles. The molecule has 0 heterocycles. The average Bonchev–Trinajstić information content (AvgIpc) is 2.86. The number of carboxylic acid groups (broad SMARTS) is 1. The molecule has 0 spiro atoms. The van der Waals surface area contributed by atoms with Crippen LogP contribution < -0.4 is 5.32 Å². The van der Waals surface area contributed by atoms with Crippen LogP contribution in [0.25, 0.3) is 0 Å². The monoisotopic (exact) mass is 241 g/mol. The molecule has 0 aromatic rings. The molecule has 0 radical (unpaired) electrons. The van der Waals surface area contributed by atoms with Crippen molar-refractivity contribution in [2.24, 2.45) is 17.3 Å². The normalized spacial score (nSPS) is 34.9. The molecule has 0 saturated heterocycles. The average molecular weight is 241 g/mol. The van der Waals surface area contributed by atoms with Gasteiger partial charge in [-0.15, -0.1) is 0 Å². The van der Waals surface area contributed by atoms with E-state index >= 15 is 0 Å². The van der Waals surface area contributed by atoms with Gasteiger partial charge < -0.3 is 15.5 Å². The van der Waals surface area contributed by atoms with Gasteiger partial charge in [0.05, 0.1) is 12.0 Å². The Labute approximate surface area is 100 Å². The van der Waals surface area contributed by atoms with Gasteiger partial charge in [0, 0.05) is 13.0 Å². The van der Waals surface area contributed by atoms with Gasteiger partial charge in [-0.05, 0) is 31.1 Å². The third-order valence-corrected chi connectivity index (χ3v) is 4.31. The third-order valence-electron chi connectivity index (χ3n) is 4.31. The molecule has 5 nitrogen and oxygen atoms in total. The van der Waals surface area contributed by atoms with Gasteiger partial charge in [-0.1, -0.05) is 6.42 Å². The van der Waals surface area contributed by atoms with Crippen molar-refractivity contribution in [2.75, 3.05) is 13.2 Å². The Kier molecular flexibility index (Phi) is 3.38. The van der Waals surface area contributed by atoms with Crippen molar-refractivity contribution in [3.8, 4) is 0 Å². The van der Waals surface area contributed by atoms with Gasteiger partial charge in [-0.3, -0.25) is 9.59 Å². The second kappa shape index (κ2) is 4.64. The van der Waals surface area contributed by atoms with Crippen molar-refractivity contribution in [3.63, 3.8) is 0 Å². The standard InChI is InChI=1S/C12H19NO4/c14-4-3-13-10(15)7-12(11(16)17)6-8-1-2-9(12)5-8/h8-9,14H,1-7H2,(H,13,15)(H,16,17). The predicted molar refractivity (Wildman–Crippen MR) is 60.2 cm³/mol. The van der Waals surface area contributed by atoms with Crippen molar-refractivity contribution < 1.29 is 19.8 Å². The lowest BCUT2D eigenvalue weighted by Gasteiger charge is -2.32. The number of aliphatic hydroxyl groups excluding tert-OH is 1. The number of hydrogen-bond donors (Lipinski definition) is 3. The zero-order chi connectivity index (χ0) is 12.5. The fourth-order valence-corrected chi connectivity index (χ4v) is 3.54. The first-order valence-electron chi connectivity index (χ1n) is 6.19. The SMILES string of the molecule is O=C(CC1(C(=O)O)CC2CCC1C2)NCCO. The van der Waals surface area contributed by atoms with E-state index in [4.69, 9.17) is 5.11 Å². The fraction of sp³-hybridized carbons (Fsp3) is 0.833. The second-order valence-corrected chi connectivity index (χ2v) is 5.29. The number of fused-ring (bicyclic) bond motifs is 2. The molecule has 2 saturated carbocycles. The molecule has 3 atom stereocenters. The van der Waals surface area contributed by atoms with Crippen LogP contribution in [0, 0.1) is 17.3 Å². The van der Waals surface area contributed by atoms with E-state index in [-0.39, 0.29) is 31.4 Å². The minimum atomic E-state index is -0.845. The highest BCUT2D eigenvalue weighted by Gasteiger charge is 2.56.